The number of rotatable bonds is 2. The maximum absolute atomic E-state index is 5.60. The van der Waals surface area contributed by atoms with Gasteiger partial charge in [-0.15, -0.1) is 0 Å². The molecule has 1 saturated heterocycles. The van der Waals surface area contributed by atoms with Crippen molar-refractivity contribution in [1.82, 2.24) is 5.32 Å². The molecular weight excluding hydrogens is 274 g/mol. The molecule has 0 amide bonds. The lowest BCUT2D eigenvalue weighted by Gasteiger charge is -2.60. The van der Waals surface area contributed by atoms with Gasteiger partial charge in [-0.2, -0.15) is 0 Å². The molecule has 120 valence electrons. The van der Waals surface area contributed by atoms with Crippen molar-refractivity contribution in [2.24, 2.45) is 11.3 Å². The van der Waals surface area contributed by atoms with Crippen LogP contribution in [0.2, 0.25) is 0 Å². The minimum absolute atomic E-state index is 0.304. The standard InChI is InChI=1S/C19H27NO2/c1-18-7-4-8-19(12-20-11-18)14-10-16(22-3)15(21-2)9-13(14)5-6-17(18)19/h9-10,17,20H,4-8,11-12H2,1-3H3/t17-,18+,19-/m0/s1. The Morgan fingerprint density at radius 3 is 2.64 bits per heavy atom. The van der Waals surface area contributed by atoms with Crippen LogP contribution in [-0.4, -0.2) is 27.3 Å². The van der Waals surface area contributed by atoms with Crippen molar-refractivity contribution < 1.29 is 9.47 Å². The van der Waals surface area contributed by atoms with Crippen LogP contribution in [-0.2, 0) is 11.8 Å². The highest BCUT2D eigenvalue weighted by atomic mass is 16.5. The summed E-state index contributed by atoms with van der Waals surface area (Å²) in [7, 11) is 3.47. The SMILES string of the molecule is COc1cc2c(cc1OC)[C@]13CCC[C@](C)(CNC1)[C@@H]3CC2. The van der Waals surface area contributed by atoms with Gasteiger partial charge in [0.05, 0.1) is 14.2 Å². The first-order valence-electron chi connectivity index (χ1n) is 8.59. The molecular formula is C19H27NO2. The van der Waals surface area contributed by atoms with Crippen molar-refractivity contribution in [3.8, 4) is 11.5 Å². The second-order valence-electron chi connectivity index (χ2n) is 7.72. The maximum Gasteiger partial charge on any atom is 0.161 e. The zero-order valence-corrected chi connectivity index (χ0v) is 14.0. The molecule has 1 aromatic carbocycles. The van der Waals surface area contributed by atoms with Crippen LogP contribution in [0.15, 0.2) is 12.1 Å². The summed E-state index contributed by atoms with van der Waals surface area (Å²) in [4.78, 5) is 0. The van der Waals surface area contributed by atoms with Crippen molar-refractivity contribution in [3.05, 3.63) is 23.3 Å². The highest BCUT2D eigenvalue weighted by Crippen LogP contribution is 2.59. The number of nitrogens with one attached hydrogen (secondary N) is 1. The molecule has 0 unspecified atom stereocenters. The van der Waals surface area contributed by atoms with E-state index in [9.17, 15) is 0 Å². The Morgan fingerprint density at radius 1 is 1.09 bits per heavy atom. The Balaban J connectivity index is 1.88. The molecule has 1 saturated carbocycles. The van der Waals surface area contributed by atoms with Gasteiger partial charge in [0, 0.05) is 18.5 Å². The molecule has 0 aromatic heterocycles. The summed E-state index contributed by atoms with van der Waals surface area (Å²) < 4.78 is 11.1. The van der Waals surface area contributed by atoms with E-state index in [1.165, 1.54) is 49.8 Å². The van der Waals surface area contributed by atoms with Crippen LogP contribution in [0.4, 0.5) is 0 Å². The van der Waals surface area contributed by atoms with Crippen molar-refractivity contribution in [2.45, 2.75) is 44.4 Å². The summed E-state index contributed by atoms with van der Waals surface area (Å²) in [5.41, 5.74) is 3.76. The van der Waals surface area contributed by atoms with Crippen molar-refractivity contribution >= 4 is 0 Å². The predicted molar refractivity (Wildman–Crippen MR) is 87.9 cm³/mol. The van der Waals surface area contributed by atoms with Gasteiger partial charge in [0.1, 0.15) is 0 Å². The molecule has 2 aliphatic carbocycles. The maximum atomic E-state index is 5.60. The summed E-state index contributed by atoms with van der Waals surface area (Å²) >= 11 is 0. The number of aryl methyl sites for hydroxylation is 1. The smallest absolute Gasteiger partial charge is 0.161 e. The first kappa shape index (κ1) is 14.4. The van der Waals surface area contributed by atoms with E-state index in [0.29, 0.717) is 10.8 Å². The van der Waals surface area contributed by atoms with E-state index in [1.807, 2.05) is 0 Å². The van der Waals surface area contributed by atoms with Crippen molar-refractivity contribution in [3.63, 3.8) is 0 Å². The van der Waals surface area contributed by atoms with E-state index in [2.05, 4.69) is 24.4 Å². The van der Waals surface area contributed by atoms with E-state index in [1.54, 1.807) is 14.2 Å². The Hall–Kier alpha value is -1.22. The fraction of sp³-hybridized carbons (Fsp3) is 0.684. The van der Waals surface area contributed by atoms with Gasteiger partial charge in [0.25, 0.3) is 0 Å². The van der Waals surface area contributed by atoms with Crippen LogP contribution in [0.25, 0.3) is 0 Å². The quantitative estimate of drug-likeness (QED) is 0.909. The molecule has 3 aliphatic rings. The summed E-state index contributed by atoms with van der Waals surface area (Å²) in [6.07, 6.45) is 6.53. The highest BCUT2D eigenvalue weighted by Gasteiger charge is 2.56. The molecule has 1 aromatic rings. The number of methoxy groups -OCH3 is 2. The monoisotopic (exact) mass is 301 g/mol. The van der Waals surface area contributed by atoms with E-state index < -0.39 is 0 Å². The first-order valence-corrected chi connectivity index (χ1v) is 8.59. The summed E-state index contributed by atoms with van der Waals surface area (Å²) in [6.45, 7) is 4.81. The Labute approximate surface area is 133 Å². The van der Waals surface area contributed by atoms with Crippen LogP contribution in [0.3, 0.4) is 0 Å². The molecule has 4 rings (SSSR count). The van der Waals surface area contributed by atoms with Crippen LogP contribution in [0.1, 0.15) is 43.7 Å². The van der Waals surface area contributed by atoms with Gasteiger partial charge >= 0.3 is 0 Å². The van der Waals surface area contributed by atoms with Gasteiger partial charge in [0.2, 0.25) is 0 Å². The summed E-state index contributed by atoms with van der Waals surface area (Å²) in [6, 6.07) is 4.50. The molecule has 1 aliphatic heterocycles. The number of piperidine rings is 1. The zero-order valence-electron chi connectivity index (χ0n) is 14.0. The van der Waals surface area contributed by atoms with Gasteiger partial charge in [-0.05, 0) is 60.3 Å². The van der Waals surface area contributed by atoms with Gasteiger partial charge in [-0.1, -0.05) is 13.3 Å². The summed E-state index contributed by atoms with van der Waals surface area (Å²) in [5.74, 6) is 2.56. The largest absolute Gasteiger partial charge is 0.493 e. The average Bonchev–Trinajstić information content (AvgIpc) is 2.52. The van der Waals surface area contributed by atoms with Gasteiger partial charge in [0.15, 0.2) is 11.5 Å². The fourth-order valence-corrected chi connectivity index (χ4v) is 5.75. The minimum Gasteiger partial charge on any atom is -0.493 e. The van der Waals surface area contributed by atoms with Crippen LogP contribution < -0.4 is 14.8 Å². The van der Waals surface area contributed by atoms with E-state index >= 15 is 0 Å². The average molecular weight is 301 g/mol. The van der Waals surface area contributed by atoms with Crippen molar-refractivity contribution in [1.29, 1.82) is 0 Å². The van der Waals surface area contributed by atoms with E-state index in [0.717, 1.165) is 24.0 Å². The molecule has 0 spiro atoms. The molecule has 2 fully saturated rings. The lowest BCUT2D eigenvalue weighted by Crippen LogP contribution is -2.62. The Morgan fingerprint density at radius 2 is 1.86 bits per heavy atom. The molecule has 2 bridgehead atoms. The number of hydrogen-bond donors (Lipinski definition) is 1. The van der Waals surface area contributed by atoms with E-state index in [4.69, 9.17) is 9.47 Å². The lowest BCUT2D eigenvalue weighted by molar-refractivity contribution is -0.0155. The topological polar surface area (TPSA) is 30.5 Å². The number of benzene rings is 1. The van der Waals surface area contributed by atoms with Crippen molar-refractivity contribution in [2.75, 3.05) is 27.3 Å². The third-order valence-corrected chi connectivity index (χ3v) is 6.70. The zero-order chi connectivity index (χ0) is 15.4. The molecule has 22 heavy (non-hydrogen) atoms. The molecule has 1 N–H and O–H groups in total. The molecule has 3 heteroatoms. The lowest BCUT2D eigenvalue weighted by atomic mass is 9.47. The third kappa shape index (κ3) is 1.78. The number of fused-ring (bicyclic) bond motifs is 1. The number of ether oxygens (including phenoxy) is 2. The summed E-state index contributed by atoms with van der Waals surface area (Å²) in [5, 5.41) is 3.75. The predicted octanol–water partition coefficient (Wildman–Crippen LogP) is 3.30. The molecule has 3 atom stereocenters. The third-order valence-electron chi connectivity index (χ3n) is 6.70. The molecule has 1 heterocycles. The Kier molecular flexibility index (Phi) is 3.19. The van der Waals surface area contributed by atoms with Gasteiger partial charge < -0.3 is 14.8 Å². The molecule has 3 nitrogen and oxygen atoms in total. The minimum atomic E-state index is 0.304. The fourth-order valence-electron chi connectivity index (χ4n) is 5.75. The van der Waals surface area contributed by atoms with Gasteiger partial charge in [-0.25, -0.2) is 0 Å². The van der Waals surface area contributed by atoms with Crippen LogP contribution in [0, 0.1) is 11.3 Å². The first-order chi connectivity index (χ1) is 10.6. The number of hydrogen-bond acceptors (Lipinski definition) is 3. The second-order valence-corrected chi connectivity index (χ2v) is 7.72. The highest BCUT2D eigenvalue weighted by molar-refractivity contribution is 5.52. The molecule has 0 radical (unpaired) electrons. The normalized spacial score (nSPS) is 36.2. The Bertz CT molecular complexity index is 585. The second kappa shape index (κ2) is 4.89. The van der Waals surface area contributed by atoms with Gasteiger partial charge in [-0.3, -0.25) is 0 Å². The van der Waals surface area contributed by atoms with E-state index in [-0.39, 0.29) is 0 Å². The van der Waals surface area contributed by atoms with Crippen LogP contribution in [0.5, 0.6) is 11.5 Å². The van der Waals surface area contributed by atoms with Crippen LogP contribution >= 0.6 is 0 Å².